The molecule has 1 amide bonds. The van der Waals surface area contributed by atoms with Crippen molar-refractivity contribution in [2.24, 2.45) is 16.7 Å². The summed E-state index contributed by atoms with van der Waals surface area (Å²) in [6, 6.07) is 0.392. The van der Waals surface area contributed by atoms with Gasteiger partial charge < -0.3 is 10.1 Å². The first-order chi connectivity index (χ1) is 9.52. The molecular weight excluding hydrogens is 250 g/mol. The fourth-order valence-corrected chi connectivity index (χ4v) is 5.81. The molecule has 4 bridgehead atoms. The summed E-state index contributed by atoms with van der Waals surface area (Å²) in [5.41, 5.74) is -0.220. The normalized spacial score (nSPS) is 50.6. The Morgan fingerprint density at radius 2 is 1.90 bits per heavy atom. The van der Waals surface area contributed by atoms with E-state index in [2.05, 4.69) is 19.2 Å². The minimum atomic E-state index is -0.512. The van der Waals surface area contributed by atoms with E-state index < -0.39 is 5.60 Å². The van der Waals surface area contributed by atoms with Gasteiger partial charge in [-0.1, -0.05) is 33.1 Å². The Morgan fingerprint density at radius 1 is 1.15 bits per heavy atom. The van der Waals surface area contributed by atoms with Crippen LogP contribution in [0.25, 0.3) is 0 Å². The molecule has 112 valence electrons. The summed E-state index contributed by atoms with van der Waals surface area (Å²) in [4.78, 5) is 13.0. The predicted molar refractivity (Wildman–Crippen MR) is 77.3 cm³/mol. The monoisotopic (exact) mass is 277 g/mol. The largest absolute Gasteiger partial charge is 0.364 e. The molecule has 0 radical (unpaired) electrons. The second-order valence-corrected chi connectivity index (χ2v) is 8.11. The maximum absolute atomic E-state index is 13.0. The van der Waals surface area contributed by atoms with Crippen molar-refractivity contribution in [2.75, 3.05) is 6.61 Å². The van der Waals surface area contributed by atoms with Crippen LogP contribution in [-0.4, -0.2) is 24.2 Å². The Morgan fingerprint density at radius 3 is 2.55 bits per heavy atom. The molecule has 4 aliphatic rings. The Balaban J connectivity index is 1.57. The van der Waals surface area contributed by atoms with Crippen LogP contribution >= 0.6 is 0 Å². The summed E-state index contributed by atoms with van der Waals surface area (Å²) in [6.07, 6.45) is 9.55. The highest BCUT2D eigenvalue weighted by molar-refractivity contribution is 5.88. The lowest BCUT2D eigenvalue weighted by Gasteiger charge is -2.41. The molecule has 1 heterocycles. The summed E-state index contributed by atoms with van der Waals surface area (Å²) >= 11 is 0. The predicted octanol–water partition coefficient (Wildman–Crippen LogP) is 3.03. The van der Waals surface area contributed by atoms with Crippen LogP contribution in [0.15, 0.2) is 0 Å². The van der Waals surface area contributed by atoms with Crippen molar-refractivity contribution < 1.29 is 9.53 Å². The number of hydrogen-bond acceptors (Lipinski definition) is 2. The van der Waals surface area contributed by atoms with Crippen LogP contribution in [0.4, 0.5) is 0 Å². The number of hydrogen-bond donors (Lipinski definition) is 1. The van der Waals surface area contributed by atoms with Gasteiger partial charge in [-0.15, -0.1) is 0 Å². The first-order valence-corrected chi connectivity index (χ1v) is 8.47. The van der Waals surface area contributed by atoms with E-state index in [1.165, 1.54) is 25.7 Å². The van der Waals surface area contributed by atoms with E-state index in [1.54, 1.807) is 0 Å². The number of nitrogens with one attached hydrogen (secondary N) is 1. The summed E-state index contributed by atoms with van der Waals surface area (Å²) in [6.45, 7) is 5.45. The van der Waals surface area contributed by atoms with Gasteiger partial charge in [-0.25, -0.2) is 0 Å². The average molecular weight is 277 g/mol. The van der Waals surface area contributed by atoms with E-state index in [0.29, 0.717) is 12.0 Å². The molecule has 0 aromatic carbocycles. The van der Waals surface area contributed by atoms with Gasteiger partial charge in [-0.05, 0) is 38.0 Å². The van der Waals surface area contributed by atoms with E-state index in [0.717, 1.165) is 32.3 Å². The van der Waals surface area contributed by atoms with E-state index in [-0.39, 0.29) is 16.7 Å². The zero-order valence-corrected chi connectivity index (χ0v) is 12.8. The third-order valence-electron chi connectivity index (χ3n) is 7.51. The van der Waals surface area contributed by atoms with Gasteiger partial charge in [0.15, 0.2) is 5.60 Å². The van der Waals surface area contributed by atoms with E-state index in [1.807, 2.05) is 0 Å². The van der Waals surface area contributed by atoms with Gasteiger partial charge >= 0.3 is 0 Å². The van der Waals surface area contributed by atoms with Gasteiger partial charge in [-0.2, -0.15) is 0 Å². The van der Waals surface area contributed by atoms with Crippen LogP contribution in [0, 0.1) is 16.7 Å². The van der Waals surface area contributed by atoms with Crippen molar-refractivity contribution in [3.05, 3.63) is 0 Å². The number of carbonyl (C=O) groups excluding carboxylic acids is 1. The van der Waals surface area contributed by atoms with Crippen molar-refractivity contribution >= 4 is 5.91 Å². The molecule has 1 N–H and O–H groups in total. The maximum Gasteiger partial charge on any atom is 0.253 e. The maximum atomic E-state index is 13.0. The van der Waals surface area contributed by atoms with Crippen molar-refractivity contribution in [3.63, 3.8) is 0 Å². The molecule has 0 aromatic heterocycles. The van der Waals surface area contributed by atoms with E-state index in [4.69, 9.17) is 4.74 Å². The van der Waals surface area contributed by atoms with Crippen LogP contribution in [-0.2, 0) is 9.53 Å². The number of rotatable bonds is 2. The lowest BCUT2D eigenvalue weighted by Crippen LogP contribution is -2.57. The Bertz CT molecular complexity index is 444. The minimum Gasteiger partial charge on any atom is -0.364 e. The van der Waals surface area contributed by atoms with E-state index >= 15 is 0 Å². The average Bonchev–Trinajstić information content (AvgIpc) is 2.92. The van der Waals surface area contributed by atoms with Crippen LogP contribution in [0.2, 0.25) is 0 Å². The Hall–Kier alpha value is -0.570. The molecule has 1 saturated heterocycles. The zero-order chi connectivity index (χ0) is 14.0. The van der Waals surface area contributed by atoms with Crippen LogP contribution in [0.5, 0.6) is 0 Å². The number of amides is 1. The lowest BCUT2D eigenvalue weighted by molar-refractivity contribution is -0.156. The Labute approximate surface area is 121 Å². The smallest absolute Gasteiger partial charge is 0.253 e. The molecule has 20 heavy (non-hydrogen) atoms. The van der Waals surface area contributed by atoms with Crippen molar-refractivity contribution in [1.82, 2.24) is 5.32 Å². The second-order valence-electron chi connectivity index (χ2n) is 8.11. The number of ether oxygens (including phenoxy) is 1. The summed E-state index contributed by atoms with van der Waals surface area (Å²) < 4.78 is 6.17. The van der Waals surface area contributed by atoms with Gasteiger partial charge in [0, 0.05) is 16.9 Å². The van der Waals surface area contributed by atoms with Crippen LogP contribution < -0.4 is 5.32 Å². The zero-order valence-electron chi connectivity index (χ0n) is 12.8. The molecule has 4 fully saturated rings. The summed E-state index contributed by atoms with van der Waals surface area (Å²) in [7, 11) is 0. The molecule has 3 aliphatic carbocycles. The first-order valence-electron chi connectivity index (χ1n) is 8.47. The fraction of sp³-hybridized carbons (Fsp3) is 0.941. The SMILES string of the molecule is C[C@@]12CC[C@@H]3C[C@@]1(C(=O)NC1CCCCC1)OC[C@@]32C. The first kappa shape index (κ1) is 13.1. The quantitative estimate of drug-likeness (QED) is 0.842. The van der Waals surface area contributed by atoms with Gasteiger partial charge in [0.1, 0.15) is 0 Å². The molecule has 1 aliphatic heterocycles. The second kappa shape index (κ2) is 4.00. The van der Waals surface area contributed by atoms with Gasteiger partial charge in [0.2, 0.25) is 0 Å². The van der Waals surface area contributed by atoms with Crippen molar-refractivity contribution in [1.29, 1.82) is 0 Å². The molecule has 3 heteroatoms. The molecule has 0 spiro atoms. The van der Waals surface area contributed by atoms with Crippen molar-refractivity contribution in [3.8, 4) is 0 Å². The Kier molecular flexibility index (Phi) is 2.62. The molecule has 0 aromatic rings. The van der Waals surface area contributed by atoms with Gasteiger partial charge in [0.25, 0.3) is 5.91 Å². The highest BCUT2D eigenvalue weighted by atomic mass is 16.5. The van der Waals surface area contributed by atoms with Crippen LogP contribution in [0.1, 0.15) is 65.2 Å². The summed E-state index contributed by atoms with van der Waals surface area (Å²) in [5.74, 6) is 0.899. The molecule has 4 atom stereocenters. The topological polar surface area (TPSA) is 38.3 Å². The van der Waals surface area contributed by atoms with E-state index in [9.17, 15) is 4.79 Å². The molecule has 0 unspecified atom stereocenters. The van der Waals surface area contributed by atoms with Crippen LogP contribution in [0.3, 0.4) is 0 Å². The molecule has 3 nitrogen and oxygen atoms in total. The molecule has 3 saturated carbocycles. The highest BCUT2D eigenvalue weighted by Gasteiger charge is 2.78. The fourth-order valence-electron chi connectivity index (χ4n) is 5.81. The van der Waals surface area contributed by atoms with Gasteiger partial charge in [-0.3, -0.25) is 4.79 Å². The summed E-state index contributed by atoms with van der Waals surface area (Å²) in [5, 5.41) is 3.34. The minimum absolute atomic E-state index is 0.0589. The highest BCUT2D eigenvalue weighted by Crippen LogP contribution is 2.75. The van der Waals surface area contributed by atoms with Crippen molar-refractivity contribution in [2.45, 2.75) is 76.9 Å². The third kappa shape index (κ3) is 1.33. The lowest BCUT2D eigenvalue weighted by atomic mass is 9.66. The molecule has 4 rings (SSSR count). The number of carbonyl (C=O) groups is 1. The standard InChI is InChI=1S/C17H27NO2/c1-15-11-20-17(10-12(15)8-9-16(15,17)2)14(19)18-13-6-4-3-5-7-13/h12-13H,3-11H2,1-2H3,(H,18,19)/t12-,15+,16+,17+/m1/s1. The third-order valence-corrected chi connectivity index (χ3v) is 7.51. The van der Waals surface area contributed by atoms with Gasteiger partial charge in [0.05, 0.1) is 6.61 Å². The molecular formula is C17H27NO2.